The Labute approximate surface area is 148 Å². The highest BCUT2D eigenvalue weighted by Crippen LogP contribution is 2.29. The summed E-state index contributed by atoms with van der Waals surface area (Å²) in [6.45, 7) is 5.32. The molecule has 2 unspecified atom stereocenters. The molecule has 2 atom stereocenters. The summed E-state index contributed by atoms with van der Waals surface area (Å²) in [6.07, 6.45) is 1.19. The minimum atomic E-state index is -1.01. The van der Waals surface area contributed by atoms with Gasteiger partial charge in [-0.1, -0.05) is 30.7 Å². The van der Waals surface area contributed by atoms with Gasteiger partial charge >= 0.3 is 0 Å². The van der Waals surface area contributed by atoms with Gasteiger partial charge in [-0.05, 0) is 37.5 Å². The number of nitrogens with zero attached hydrogens (tertiary/aromatic N) is 1. The molecule has 0 bridgehead atoms. The molecule has 0 aromatic heterocycles. The van der Waals surface area contributed by atoms with Crippen LogP contribution in [0.25, 0.3) is 0 Å². The monoisotopic (exact) mass is 352 g/mol. The molecular weight excluding hydrogens is 328 g/mol. The minimum absolute atomic E-state index is 0.0881. The number of amides is 2. The summed E-state index contributed by atoms with van der Waals surface area (Å²) in [6, 6.07) is 7.31. The van der Waals surface area contributed by atoms with Gasteiger partial charge in [0, 0.05) is 30.1 Å². The predicted molar refractivity (Wildman–Crippen MR) is 93.8 cm³/mol. The fourth-order valence-corrected chi connectivity index (χ4v) is 3.14. The number of nitrogens with one attached hydrogen (secondary N) is 1. The summed E-state index contributed by atoms with van der Waals surface area (Å²) < 4.78 is 0. The van der Waals surface area contributed by atoms with Crippen molar-refractivity contribution in [1.82, 2.24) is 10.2 Å². The lowest BCUT2D eigenvalue weighted by molar-refractivity contribution is -0.134. The summed E-state index contributed by atoms with van der Waals surface area (Å²) in [4.78, 5) is 26.0. The zero-order chi connectivity index (χ0) is 17.7. The van der Waals surface area contributed by atoms with Crippen molar-refractivity contribution in [3.8, 4) is 0 Å². The molecule has 1 aromatic carbocycles. The van der Waals surface area contributed by atoms with Crippen LogP contribution in [0.5, 0.6) is 0 Å². The van der Waals surface area contributed by atoms with Crippen molar-refractivity contribution in [2.24, 2.45) is 5.41 Å². The number of carbonyl (C=O) groups is 2. The highest BCUT2D eigenvalue weighted by Gasteiger charge is 2.33. The maximum atomic E-state index is 12.6. The standard InChI is InChI=1S/C18H25ClN2O3/c1-13(22)17(24)20-11-18(2)8-3-9-21(12-18)16(23)10-14-4-6-15(19)7-5-14/h4-7,13,22H,3,8-12H2,1-2H3,(H,20,24). The van der Waals surface area contributed by atoms with Crippen LogP contribution in [-0.4, -0.2) is 47.6 Å². The molecule has 5 nitrogen and oxygen atoms in total. The van der Waals surface area contributed by atoms with E-state index >= 15 is 0 Å². The van der Waals surface area contributed by atoms with Crippen LogP contribution in [0, 0.1) is 5.41 Å². The van der Waals surface area contributed by atoms with Gasteiger partial charge in [0.1, 0.15) is 6.10 Å². The fraction of sp³-hybridized carbons (Fsp3) is 0.556. The van der Waals surface area contributed by atoms with Gasteiger partial charge in [0.25, 0.3) is 0 Å². The molecule has 132 valence electrons. The van der Waals surface area contributed by atoms with E-state index in [2.05, 4.69) is 12.2 Å². The lowest BCUT2D eigenvalue weighted by Crippen LogP contribution is -2.50. The molecule has 6 heteroatoms. The van der Waals surface area contributed by atoms with Crippen LogP contribution in [0.15, 0.2) is 24.3 Å². The summed E-state index contributed by atoms with van der Waals surface area (Å²) >= 11 is 5.87. The SMILES string of the molecule is CC(O)C(=O)NCC1(C)CCCN(C(=O)Cc2ccc(Cl)cc2)C1. The number of rotatable bonds is 5. The maximum Gasteiger partial charge on any atom is 0.248 e. The van der Waals surface area contributed by atoms with E-state index in [4.69, 9.17) is 11.6 Å². The lowest BCUT2D eigenvalue weighted by atomic mass is 9.81. The molecule has 1 aliphatic rings. The molecule has 2 rings (SSSR count). The molecule has 1 saturated heterocycles. The van der Waals surface area contributed by atoms with Crippen molar-refractivity contribution < 1.29 is 14.7 Å². The first kappa shape index (κ1) is 18.7. The number of likely N-dealkylation sites (tertiary alicyclic amines) is 1. The number of aliphatic hydroxyl groups excluding tert-OH is 1. The summed E-state index contributed by atoms with van der Waals surface area (Å²) in [5.74, 6) is -0.286. The van der Waals surface area contributed by atoms with Crippen LogP contribution in [0.1, 0.15) is 32.3 Å². The second-order valence-electron chi connectivity index (χ2n) is 6.93. The Morgan fingerprint density at radius 3 is 2.67 bits per heavy atom. The van der Waals surface area contributed by atoms with Gasteiger partial charge in [-0.2, -0.15) is 0 Å². The number of piperidine rings is 1. The van der Waals surface area contributed by atoms with Gasteiger partial charge < -0.3 is 15.3 Å². The second kappa shape index (κ2) is 7.99. The van der Waals surface area contributed by atoms with E-state index in [1.54, 1.807) is 12.1 Å². The van der Waals surface area contributed by atoms with Crippen LogP contribution in [-0.2, 0) is 16.0 Å². The number of halogens is 1. The first-order valence-corrected chi connectivity index (χ1v) is 8.65. The van der Waals surface area contributed by atoms with Crippen molar-refractivity contribution in [2.75, 3.05) is 19.6 Å². The fourth-order valence-electron chi connectivity index (χ4n) is 3.01. The zero-order valence-electron chi connectivity index (χ0n) is 14.2. The number of hydrogen-bond acceptors (Lipinski definition) is 3. The third-order valence-electron chi connectivity index (χ3n) is 4.47. The Bertz CT molecular complexity index is 588. The first-order chi connectivity index (χ1) is 11.3. The molecular formula is C18H25ClN2O3. The summed E-state index contributed by atoms with van der Waals surface area (Å²) in [7, 11) is 0. The Balaban J connectivity index is 1.92. The van der Waals surface area contributed by atoms with Gasteiger partial charge in [0.05, 0.1) is 6.42 Å². The molecule has 1 fully saturated rings. The molecule has 0 spiro atoms. The molecule has 24 heavy (non-hydrogen) atoms. The van der Waals surface area contributed by atoms with E-state index < -0.39 is 6.10 Å². The number of aliphatic hydroxyl groups is 1. The number of benzene rings is 1. The van der Waals surface area contributed by atoms with Crippen molar-refractivity contribution >= 4 is 23.4 Å². The van der Waals surface area contributed by atoms with Gasteiger partial charge in [-0.25, -0.2) is 0 Å². The Morgan fingerprint density at radius 1 is 1.38 bits per heavy atom. The second-order valence-corrected chi connectivity index (χ2v) is 7.36. The number of carbonyl (C=O) groups excluding carboxylic acids is 2. The largest absolute Gasteiger partial charge is 0.384 e. The molecule has 1 aliphatic heterocycles. The lowest BCUT2D eigenvalue weighted by Gasteiger charge is -2.40. The molecule has 0 radical (unpaired) electrons. The van der Waals surface area contributed by atoms with E-state index in [0.29, 0.717) is 24.5 Å². The predicted octanol–water partition coefficient (Wildman–Crippen LogP) is 2.01. The topological polar surface area (TPSA) is 69.6 Å². The van der Waals surface area contributed by atoms with Crippen LogP contribution < -0.4 is 5.32 Å². The van der Waals surface area contributed by atoms with Crippen molar-refractivity contribution in [1.29, 1.82) is 0 Å². The normalized spacial score (nSPS) is 22.1. The van der Waals surface area contributed by atoms with Crippen molar-refractivity contribution in [3.63, 3.8) is 0 Å². The van der Waals surface area contributed by atoms with Crippen LogP contribution in [0.4, 0.5) is 0 Å². The Kier molecular flexibility index (Phi) is 6.24. The van der Waals surface area contributed by atoms with E-state index in [1.807, 2.05) is 17.0 Å². The molecule has 0 aliphatic carbocycles. The minimum Gasteiger partial charge on any atom is -0.384 e. The highest BCUT2D eigenvalue weighted by molar-refractivity contribution is 6.30. The third kappa shape index (κ3) is 5.21. The number of hydrogen-bond donors (Lipinski definition) is 2. The maximum absolute atomic E-state index is 12.6. The van der Waals surface area contributed by atoms with Gasteiger partial charge in [0.2, 0.25) is 11.8 Å². The van der Waals surface area contributed by atoms with Crippen LogP contribution in [0.3, 0.4) is 0 Å². The average molecular weight is 353 g/mol. The van der Waals surface area contributed by atoms with Gasteiger partial charge in [-0.3, -0.25) is 9.59 Å². The van der Waals surface area contributed by atoms with E-state index in [-0.39, 0.29) is 17.2 Å². The van der Waals surface area contributed by atoms with Crippen LogP contribution in [0.2, 0.25) is 5.02 Å². The van der Waals surface area contributed by atoms with Crippen molar-refractivity contribution in [2.45, 2.75) is 39.2 Å². The summed E-state index contributed by atoms with van der Waals surface area (Å²) in [5.41, 5.74) is 0.775. The molecule has 2 N–H and O–H groups in total. The quantitative estimate of drug-likeness (QED) is 0.851. The summed E-state index contributed by atoms with van der Waals surface area (Å²) in [5, 5.41) is 12.7. The first-order valence-electron chi connectivity index (χ1n) is 8.27. The van der Waals surface area contributed by atoms with Crippen molar-refractivity contribution in [3.05, 3.63) is 34.9 Å². The smallest absolute Gasteiger partial charge is 0.248 e. The molecule has 1 aromatic rings. The Morgan fingerprint density at radius 2 is 2.04 bits per heavy atom. The Hall–Kier alpha value is -1.59. The van der Waals surface area contributed by atoms with Gasteiger partial charge in [-0.15, -0.1) is 0 Å². The van der Waals surface area contributed by atoms with E-state index in [0.717, 1.165) is 24.9 Å². The van der Waals surface area contributed by atoms with E-state index in [1.165, 1.54) is 6.92 Å². The third-order valence-corrected chi connectivity index (χ3v) is 4.72. The average Bonchev–Trinajstić information content (AvgIpc) is 2.54. The van der Waals surface area contributed by atoms with Gasteiger partial charge in [0.15, 0.2) is 0 Å². The molecule has 1 heterocycles. The van der Waals surface area contributed by atoms with E-state index in [9.17, 15) is 14.7 Å². The zero-order valence-corrected chi connectivity index (χ0v) is 15.0. The molecule has 0 saturated carbocycles. The van der Waals surface area contributed by atoms with Crippen LogP contribution >= 0.6 is 11.6 Å². The highest BCUT2D eigenvalue weighted by atomic mass is 35.5. The molecule has 2 amide bonds.